The second kappa shape index (κ2) is 17.0. The van der Waals surface area contributed by atoms with Crippen molar-refractivity contribution in [2.75, 3.05) is 19.6 Å². The highest BCUT2D eigenvalue weighted by molar-refractivity contribution is 6.30. The predicted molar refractivity (Wildman–Crippen MR) is 152 cm³/mol. The van der Waals surface area contributed by atoms with E-state index < -0.39 is 6.36 Å². The lowest BCUT2D eigenvalue weighted by atomic mass is 10.1. The molecule has 39 heavy (non-hydrogen) atoms. The Kier molecular flexibility index (Phi) is 14.9. The van der Waals surface area contributed by atoms with Crippen molar-refractivity contribution >= 4 is 23.2 Å². The van der Waals surface area contributed by atoms with Crippen LogP contribution in [0.15, 0.2) is 42.6 Å². The van der Waals surface area contributed by atoms with Crippen LogP contribution in [0.2, 0.25) is 5.02 Å². The van der Waals surface area contributed by atoms with E-state index in [1.54, 1.807) is 34.9 Å². The van der Waals surface area contributed by atoms with Crippen LogP contribution in [0.5, 0.6) is 5.75 Å². The summed E-state index contributed by atoms with van der Waals surface area (Å²) in [6.45, 7) is 16.8. The molecule has 10 heteroatoms. The monoisotopic (exact) mass is 570 g/mol. The number of imidazole rings is 1. The molecule has 2 aromatic heterocycles. The highest BCUT2D eigenvalue weighted by Crippen LogP contribution is 2.24. The molecular formula is C29H42ClF3N4O2. The molecule has 0 spiro atoms. The van der Waals surface area contributed by atoms with Gasteiger partial charge < -0.3 is 10.1 Å². The first-order chi connectivity index (χ1) is 18.7. The molecule has 0 saturated carbocycles. The summed E-state index contributed by atoms with van der Waals surface area (Å²) in [4.78, 5) is 19.7. The largest absolute Gasteiger partial charge is 0.573 e. The summed E-state index contributed by atoms with van der Waals surface area (Å²) in [5.41, 5.74) is 2.80. The van der Waals surface area contributed by atoms with Gasteiger partial charge in [0.15, 0.2) is 0 Å². The Hall–Kier alpha value is -2.78. The number of benzene rings is 1. The third-order valence-electron chi connectivity index (χ3n) is 5.69. The normalized spacial score (nSPS) is 14.8. The SMILES string of the molecule is CC.CC.CC.CCc1nc2cc(Cl)ccn2c1C(=O)NCC1CCN(Cc2ccc(OC(F)(F)F)cc2)C1. The smallest absolute Gasteiger partial charge is 0.406 e. The molecule has 0 radical (unpaired) electrons. The van der Waals surface area contributed by atoms with Crippen LogP contribution in [0.25, 0.3) is 5.65 Å². The highest BCUT2D eigenvalue weighted by Gasteiger charge is 2.31. The fraction of sp³-hybridized carbons (Fsp3) is 0.517. The average molecular weight is 571 g/mol. The highest BCUT2D eigenvalue weighted by atomic mass is 35.5. The summed E-state index contributed by atoms with van der Waals surface area (Å²) in [6, 6.07) is 9.38. The minimum atomic E-state index is -4.69. The molecule has 3 aromatic rings. The molecule has 1 amide bonds. The number of carbonyl (C=O) groups excluding carboxylic acids is 1. The van der Waals surface area contributed by atoms with Crippen LogP contribution in [-0.2, 0) is 13.0 Å². The quantitative estimate of drug-likeness (QED) is 0.315. The van der Waals surface area contributed by atoms with E-state index in [-0.39, 0.29) is 11.7 Å². The van der Waals surface area contributed by atoms with Crippen LogP contribution in [0, 0.1) is 5.92 Å². The van der Waals surface area contributed by atoms with Gasteiger partial charge >= 0.3 is 6.36 Å². The summed E-state index contributed by atoms with van der Waals surface area (Å²) < 4.78 is 42.6. The van der Waals surface area contributed by atoms with Crippen molar-refractivity contribution in [1.82, 2.24) is 19.6 Å². The van der Waals surface area contributed by atoms with Crippen LogP contribution >= 0.6 is 11.6 Å². The number of aromatic nitrogens is 2. The number of aryl methyl sites for hydroxylation is 1. The first-order valence-corrected chi connectivity index (χ1v) is 14.1. The number of rotatable bonds is 7. The molecule has 3 heterocycles. The molecule has 1 unspecified atom stereocenters. The van der Waals surface area contributed by atoms with Crippen molar-refractivity contribution in [3.63, 3.8) is 0 Å². The van der Waals surface area contributed by atoms with Gasteiger partial charge in [0, 0.05) is 36.9 Å². The van der Waals surface area contributed by atoms with E-state index in [0.29, 0.717) is 41.8 Å². The summed E-state index contributed by atoms with van der Waals surface area (Å²) in [5, 5.41) is 3.61. The predicted octanol–water partition coefficient (Wildman–Crippen LogP) is 7.78. The van der Waals surface area contributed by atoms with Crippen LogP contribution in [0.1, 0.15) is 76.6 Å². The van der Waals surface area contributed by atoms with E-state index in [2.05, 4.69) is 19.9 Å². The van der Waals surface area contributed by atoms with Crippen molar-refractivity contribution in [3.05, 3.63) is 64.6 Å². The van der Waals surface area contributed by atoms with Gasteiger partial charge in [0.25, 0.3) is 5.91 Å². The molecule has 1 aliphatic heterocycles. The molecule has 218 valence electrons. The van der Waals surface area contributed by atoms with Gasteiger partial charge in [-0.15, -0.1) is 13.2 Å². The van der Waals surface area contributed by atoms with Crippen molar-refractivity contribution in [2.45, 2.75) is 74.2 Å². The first kappa shape index (κ1) is 34.2. The van der Waals surface area contributed by atoms with Crippen LogP contribution in [-0.4, -0.2) is 46.2 Å². The van der Waals surface area contributed by atoms with Gasteiger partial charge in [-0.1, -0.05) is 72.2 Å². The minimum absolute atomic E-state index is 0.166. The zero-order valence-corrected chi connectivity index (χ0v) is 24.8. The lowest BCUT2D eigenvalue weighted by molar-refractivity contribution is -0.274. The standard InChI is InChI=1S/C23H24ClF3N4O2.3C2H6/c1-2-19-21(31-10-8-17(24)11-20(31)29-19)22(32)28-12-16-7-9-30(14-16)13-15-3-5-18(6-4-15)33-23(25,26)27;3*1-2/h3-6,8,10-11,16H,2,7,9,12-14H2,1H3,(H,28,32);3*1-2H3. The fourth-order valence-electron chi connectivity index (χ4n) is 4.15. The number of ether oxygens (including phenoxy) is 1. The van der Waals surface area contributed by atoms with Gasteiger partial charge in [-0.25, -0.2) is 4.98 Å². The summed E-state index contributed by atoms with van der Waals surface area (Å²) >= 11 is 6.05. The Morgan fingerprint density at radius 1 is 1.10 bits per heavy atom. The maximum absolute atomic E-state index is 12.9. The molecule has 1 saturated heterocycles. The second-order valence-corrected chi connectivity index (χ2v) is 8.56. The summed E-state index contributed by atoms with van der Waals surface area (Å²) in [7, 11) is 0. The Morgan fingerprint density at radius 3 is 2.33 bits per heavy atom. The molecule has 1 N–H and O–H groups in total. The fourth-order valence-corrected chi connectivity index (χ4v) is 4.31. The maximum atomic E-state index is 12.9. The van der Waals surface area contributed by atoms with Crippen molar-refractivity contribution in [3.8, 4) is 5.75 Å². The lowest BCUT2D eigenvalue weighted by Gasteiger charge is -2.17. The topological polar surface area (TPSA) is 58.9 Å². The van der Waals surface area contributed by atoms with Gasteiger partial charge in [0.05, 0.1) is 5.69 Å². The Bertz CT molecular complexity index is 1130. The van der Waals surface area contributed by atoms with Gasteiger partial charge in [-0.05, 0) is 49.1 Å². The molecule has 1 fully saturated rings. The van der Waals surface area contributed by atoms with Crippen LogP contribution in [0.4, 0.5) is 13.2 Å². The molecule has 6 nitrogen and oxygen atoms in total. The van der Waals surface area contributed by atoms with Crippen molar-refractivity contribution < 1.29 is 22.7 Å². The van der Waals surface area contributed by atoms with E-state index in [0.717, 1.165) is 30.8 Å². The number of amides is 1. The molecule has 0 aliphatic carbocycles. The number of nitrogens with zero attached hydrogens (tertiary/aromatic N) is 3. The number of likely N-dealkylation sites (tertiary alicyclic amines) is 1. The summed E-state index contributed by atoms with van der Waals surface area (Å²) in [6.07, 6.45) is -1.38. The number of alkyl halides is 3. The van der Waals surface area contributed by atoms with E-state index in [1.807, 2.05) is 48.5 Å². The Balaban J connectivity index is 0.00000119. The Morgan fingerprint density at radius 2 is 1.74 bits per heavy atom. The van der Waals surface area contributed by atoms with Gasteiger partial charge in [0.1, 0.15) is 17.1 Å². The zero-order chi connectivity index (χ0) is 29.6. The molecule has 0 bridgehead atoms. The molecule has 1 aromatic carbocycles. The number of carbonyl (C=O) groups is 1. The number of nitrogens with one attached hydrogen (secondary N) is 1. The van der Waals surface area contributed by atoms with Gasteiger partial charge in [-0.3, -0.25) is 14.1 Å². The average Bonchev–Trinajstić information content (AvgIpc) is 3.54. The number of fused-ring (bicyclic) bond motifs is 1. The molecule has 1 atom stereocenters. The number of pyridine rings is 1. The van der Waals surface area contributed by atoms with E-state index in [4.69, 9.17) is 11.6 Å². The zero-order valence-electron chi connectivity index (χ0n) is 24.0. The van der Waals surface area contributed by atoms with Crippen molar-refractivity contribution in [2.24, 2.45) is 5.92 Å². The number of hydrogen-bond donors (Lipinski definition) is 1. The molecular weight excluding hydrogens is 529 g/mol. The lowest BCUT2D eigenvalue weighted by Crippen LogP contribution is -2.32. The Labute approximate surface area is 235 Å². The molecule has 1 aliphatic rings. The molecule has 4 rings (SSSR count). The van der Waals surface area contributed by atoms with Crippen LogP contribution < -0.4 is 10.1 Å². The minimum Gasteiger partial charge on any atom is -0.406 e. The van der Waals surface area contributed by atoms with E-state index >= 15 is 0 Å². The van der Waals surface area contributed by atoms with E-state index in [1.165, 1.54) is 12.1 Å². The van der Waals surface area contributed by atoms with Gasteiger partial charge in [-0.2, -0.15) is 0 Å². The summed E-state index contributed by atoms with van der Waals surface area (Å²) in [5.74, 6) is -0.102. The van der Waals surface area contributed by atoms with Crippen molar-refractivity contribution in [1.29, 1.82) is 0 Å². The maximum Gasteiger partial charge on any atom is 0.573 e. The number of hydrogen-bond acceptors (Lipinski definition) is 4. The van der Waals surface area contributed by atoms with E-state index in [9.17, 15) is 18.0 Å². The third kappa shape index (κ3) is 10.4. The second-order valence-electron chi connectivity index (χ2n) is 8.13. The third-order valence-corrected chi connectivity index (χ3v) is 5.93. The first-order valence-electron chi connectivity index (χ1n) is 13.7. The van der Waals surface area contributed by atoms with Crippen LogP contribution in [0.3, 0.4) is 0 Å². The number of halogens is 4. The van der Waals surface area contributed by atoms with Gasteiger partial charge in [0.2, 0.25) is 0 Å².